The maximum atomic E-state index is 12.2. The molecule has 3 rings (SSSR count). The number of hydrogen-bond acceptors (Lipinski definition) is 5. The van der Waals surface area contributed by atoms with Crippen LogP contribution in [0.3, 0.4) is 0 Å². The van der Waals surface area contributed by atoms with E-state index in [-0.39, 0.29) is 12.5 Å². The number of halogens is 1. The smallest absolute Gasteiger partial charge is 0.257 e. The van der Waals surface area contributed by atoms with Gasteiger partial charge in [0.25, 0.3) is 11.8 Å². The molecule has 1 atom stereocenters. The van der Waals surface area contributed by atoms with Gasteiger partial charge in [0.2, 0.25) is 0 Å². The lowest BCUT2D eigenvalue weighted by Gasteiger charge is -2.12. The molecule has 0 radical (unpaired) electrons. The summed E-state index contributed by atoms with van der Waals surface area (Å²) in [5.41, 5.74) is 1.85. The molecule has 2 aromatic carbocycles. The van der Waals surface area contributed by atoms with Gasteiger partial charge in [-0.15, -0.1) is 0 Å². The molecule has 0 unspecified atom stereocenters. The number of rotatable bonds is 5. The Bertz CT molecular complexity index is 877. The summed E-state index contributed by atoms with van der Waals surface area (Å²) < 4.78 is 5.08. The van der Waals surface area contributed by atoms with Crippen LogP contribution in [0.15, 0.2) is 53.1 Å². The largest absolute Gasteiger partial charge is 0.387 e. The first-order valence-electron chi connectivity index (χ1n) is 7.65. The van der Waals surface area contributed by atoms with Gasteiger partial charge in [0.15, 0.2) is 5.82 Å². The highest BCUT2D eigenvalue weighted by Gasteiger charge is 2.12. The van der Waals surface area contributed by atoms with E-state index in [9.17, 15) is 9.90 Å². The van der Waals surface area contributed by atoms with E-state index in [0.29, 0.717) is 27.9 Å². The summed E-state index contributed by atoms with van der Waals surface area (Å²) in [4.78, 5) is 16.3. The fourth-order valence-electron chi connectivity index (χ4n) is 2.30. The van der Waals surface area contributed by atoms with E-state index in [4.69, 9.17) is 16.1 Å². The van der Waals surface area contributed by atoms with Crippen molar-refractivity contribution >= 4 is 17.5 Å². The van der Waals surface area contributed by atoms with Crippen LogP contribution in [-0.4, -0.2) is 27.7 Å². The van der Waals surface area contributed by atoms with E-state index >= 15 is 0 Å². The van der Waals surface area contributed by atoms with Gasteiger partial charge in [-0.1, -0.05) is 28.9 Å². The molecular formula is C18H16ClN3O3. The molecule has 1 amide bonds. The van der Waals surface area contributed by atoms with Crippen molar-refractivity contribution in [3.8, 4) is 11.5 Å². The lowest BCUT2D eigenvalue weighted by molar-refractivity contribution is 0.0916. The molecule has 25 heavy (non-hydrogen) atoms. The Labute approximate surface area is 149 Å². The van der Waals surface area contributed by atoms with Gasteiger partial charge >= 0.3 is 0 Å². The Morgan fingerprint density at radius 2 is 2.04 bits per heavy atom. The average Bonchev–Trinajstić information content (AvgIpc) is 3.06. The van der Waals surface area contributed by atoms with E-state index in [1.165, 1.54) is 0 Å². The fraction of sp³-hybridized carbons (Fsp3) is 0.167. The van der Waals surface area contributed by atoms with Crippen LogP contribution in [0.2, 0.25) is 5.02 Å². The summed E-state index contributed by atoms with van der Waals surface area (Å²) in [6, 6.07) is 13.7. The van der Waals surface area contributed by atoms with Crippen molar-refractivity contribution in [2.75, 3.05) is 6.54 Å². The molecule has 128 valence electrons. The second kappa shape index (κ2) is 7.46. The zero-order valence-corrected chi connectivity index (χ0v) is 14.2. The van der Waals surface area contributed by atoms with E-state index in [1.54, 1.807) is 55.5 Å². The van der Waals surface area contributed by atoms with E-state index in [2.05, 4.69) is 15.5 Å². The third-order valence-corrected chi connectivity index (χ3v) is 3.85. The maximum absolute atomic E-state index is 12.2. The molecule has 1 aromatic heterocycles. The predicted octanol–water partition coefficient (Wildman–Crippen LogP) is 3.16. The van der Waals surface area contributed by atoms with Crippen molar-refractivity contribution in [1.82, 2.24) is 15.5 Å². The maximum Gasteiger partial charge on any atom is 0.257 e. The molecule has 0 fully saturated rings. The van der Waals surface area contributed by atoms with Crippen molar-refractivity contribution in [3.05, 3.63) is 70.5 Å². The average molecular weight is 358 g/mol. The van der Waals surface area contributed by atoms with Crippen LogP contribution in [0.1, 0.15) is 27.8 Å². The molecule has 6 nitrogen and oxygen atoms in total. The standard InChI is InChI=1S/C18H16ClN3O3/c1-11-21-18(25-22-11)13-7-5-12(6-8-13)17(24)20-10-16(23)14-3-2-4-15(19)9-14/h2-9,16,23H,10H2,1H3,(H,20,24)/t16-/m0/s1. The van der Waals surface area contributed by atoms with Crippen molar-refractivity contribution in [2.24, 2.45) is 0 Å². The lowest BCUT2D eigenvalue weighted by Crippen LogP contribution is -2.28. The van der Waals surface area contributed by atoms with Crippen molar-refractivity contribution in [3.63, 3.8) is 0 Å². The minimum Gasteiger partial charge on any atom is -0.387 e. The van der Waals surface area contributed by atoms with Crippen LogP contribution in [0.4, 0.5) is 0 Å². The molecule has 0 saturated carbocycles. The van der Waals surface area contributed by atoms with Crippen LogP contribution in [-0.2, 0) is 0 Å². The number of carbonyl (C=O) groups is 1. The number of benzene rings is 2. The van der Waals surface area contributed by atoms with Crippen molar-refractivity contribution in [1.29, 1.82) is 0 Å². The predicted molar refractivity (Wildman–Crippen MR) is 93.2 cm³/mol. The van der Waals surface area contributed by atoms with Gasteiger partial charge in [0.05, 0.1) is 6.10 Å². The van der Waals surface area contributed by atoms with Crippen molar-refractivity contribution < 1.29 is 14.4 Å². The SMILES string of the molecule is Cc1noc(-c2ccc(C(=O)NC[C@H](O)c3cccc(Cl)c3)cc2)n1. The van der Waals surface area contributed by atoms with Crippen LogP contribution in [0, 0.1) is 6.92 Å². The second-order valence-electron chi connectivity index (χ2n) is 5.50. The summed E-state index contributed by atoms with van der Waals surface area (Å²) in [5, 5.41) is 17.1. The molecule has 1 heterocycles. The van der Waals surface area contributed by atoms with E-state index < -0.39 is 6.10 Å². The molecule has 0 aliphatic rings. The third-order valence-electron chi connectivity index (χ3n) is 3.61. The lowest BCUT2D eigenvalue weighted by atomic mass is 10.1. The minimum atomic E-state index is -0.830. The highest BCUT2D eigenvalue weighted by molar-refractivity contribution is 6.30. The summed E-state index contributed by atoms with van der Waals surface area (Å²) in [7, 11) is 0. The van der Waals surface area contributed by atoms with Gasteiger partial charge in [-0.25, -0.2) is 0 Å². The number of aromatic nitrogens is 2. The number of nitrogens with one attached hydrogen (secondary N) is 1. The number of aryl methyl sites for hydroxylation is 1. The molecule has 0 bridgehead atoms. The molecule has 0 spiro atoms. The summed E-state index contributed by atoms with van der Waals surface area (Å²) in [6.45, 7) is 1.82. The molecular weight excluding hydrogens is 342 g/mol. The fourth-order valence-corrected chi connectivity index (χ4v) is 2.50. The van der Waals surface area contributed by atoms with Gasteiger partial charge in [-0.05, 0) is 48.9 Å². The second-order valence-corrected chi connectivity index (χ2v) is 5.94. The first-order valence-corrected chi connectivity index (χ1v) is 8.03. The monoisotopic (exact) mass is 357 g/mol. The van der Waals surface area contributed by atoms with E-state index in [1.807, 2.05) is 0 Å². The highest BCUT2D eigenvalue weighted by Crippen LogP contribution is 2.19. The minimum absolute atomic E-state index is 0.0871. The van der Waals surface area contributed by atoms with Crippen molar-refractivity contribution in [2.45, 2.75) is 13.0 Å². The highest BCUT2D eigenvalue weighted by atomic mass is 35.5. The number of amides is 1. The van der Waals surface area contributed by atoms with Gasteiger partial charge in [-0.3, -0.25) is 4.79 Å². The Kier molecular flexibility index (Phi) is 5.11. The Balaban J connectivity index is 1.61. The van der Waals surface area contributed by atoms with E-state index in [0.717, 1.165) is 5.56 Å². The summed E-state index contributed by atoms with van der Waals surface area (Å²) in [5.74, 6) is 0.669. The van der Waals surface area contributed by atoms with Gasteiger partial charge in [0, 0.05) is 22.7 Å². The molecule has 3 aromatic rings. The quantitative estimate of drug-likeness (QED) is 0.732. The number of aliphatic hydroxyl groups excluding tert-OH is 1. The van der Waals surface area contributed by atoms with Crippen LogP contribution < -0.4 is 5.32 Å². The number of carbonyl (C=O) groups excluding carboxylic acids is 1. The van der Waals surface area contributed by atoms with Gasteiger partial charge in [0.1, 0.15) is 0 Å². The molecule has 0 aliphatic heterocycles. The number of nitrogens with zero attached hydrogens (tertiary/aromatic N) is 2. The Morgan fingerprint density at radius 1 is 1.28 bits per heavy atom. The first-order chi connectivity index (χ1) is 12.0. The molecule has 7 heteroatoms. The topological polar surface area (TPSA) is 88.2 Å². The molecule has 2 N–H and O–H groups in total. The van der Waals surface area contributed by atoms with Crippen LogP contribution in [0.25, 0.3) is 11.5 Å². The number of hydrogen-bond donors (Lipinski definition) is 2. The molecule has 0 aliphatic carbocycles. The zero-order valence-electron chi connectivity index (χ0n) is 13.4. The first kappa shape index (κ1) is 17.1. The normalized spacial score (nSPS) is 12.0. The van der Waals surface area contributed by atoms with Crippen LogP contribution in [0.5, 0.6) is 0 Å². The number of aliphatic hydroxyl groups is 1. The third kappa shape index (κ3) is 4.23. The van der Waals surface area contributed by atoms with Crippen LogP contribution >= 0.6 is 11.6 Å². The Morgan fingerprint density at radius 3 is 2.68 bits per heavy atom. The van der Waals surface area contributed by atoms with Gasteiger partial charge in [-0.2, -0.15) is 4.98 Å². The molecule has 0 saturated heterocycles. The van der Waals surface area contributed by atoms with Gasteiger partial charge < -0.3 is 14.9 Å². The summed E-state index contributed by atoms with van der Waals surface area (Å²) in [6.07, 6.45) is -0.830. The Hall–Kier alpha value is -2.70. The summed E-state index contributed by atoms with van der Waals surface area (Å²) >= 11 is 5.90. The zero-order chi connectivity index (χ0) is 17.8.